The molecule has 1 amide bonds. The SMILES string of the molecule is CC(CC(=O)NCC1CCN(CC(F)(F)F)C1)C1CCNCC1.Cl.Cl. The van der Waals surface area contributed by atoms with Gasteiger partial charge in [0.05, 0.1) is 6.54 Å². The number of rotatable bonds is 6. The van der Waals surface area contributed by atoms with Gasteiger partial charge in [0.2, 0.25) is 5.91 Å². The van der Waals surface area contributed by atoms with Crippen molar-refractivity contribution in [3.8, 4) is 0 Å². The van der Waals surface area contributed by atoms with Crippen LogP contribution in [0, 0.1) is 17.8 Å². The monoisotopic (exact) mass is 407 g/mol. The molecular weight excluding hydrogens is 378 g/mol. The lowest BCUT2D eigenvalue weighted by atomic mass is 9.84. The van der Waals surface area contributed by atoms with Crippen LogP contribution in [-0.4, -0.2) is 56.3 Å². The number of alkyl halides is 3. The Bertz CT molecular complexity index is 393. The van der Waals surface area contributed by atoms with Crippen molar-refractivity contribution < 1.29 is 18.0 Å². The lowest BCUT2D eigenvalue weighted by molar-refractivity contribution is -0.143. The van der Waals surface area contributed by atoms with Crippen LogP contribution in [0.5, 0.6) is 0 Å². The van der Waals surface area contributed by atoms with Gasteiger partial charge in [-0.25, -0.2) is 0 Å². The Labute approximate surface area is 160 Å². The van der Waals surface area contributed by atoms with E-state index in [9.17, 15) is 18.0 Å². The van der Waals surface area contributed by atoms with E-state index in [1.807, 2.05) is 0 Å². The third-order valence-corrected chi connectivity index (χ3v) is 5.06. The highest BCUT2D eigenvalue weighted by Gasteiger charge is 2.34. The van der Waals surface area contributed by atoms with Crippen LogP contribution in [0.1, 0.15) is 32.6 Å². The number of halogens is 5. The summed E-state index contributed by atoms with van der Waals surface area (Å²) < 4.78 is 37.1. The number of hydrogen-bond donors (Lipinski definition) is 2. The lowest BCUT2D eigenvalue weighted by Crippen LogP contribution is -2.36. The van der Waals surface area contributed by atoms with Crippen LogP contribution in [0.3, 0.4) is 0 Å². The summed E-state index contributed by atoms with van der Waals surface area (Å²) in [4.78, 5) is 13.5. The van der Waals surface area contributed by atoms with Gasteiger partial charge in [0.15, 0.2) is 0 Å². The van der Waals surface area contributed by atoms with Crippen LogP contribution < -0.4 is 10.6 Å². The predicted molar refractivity (Wildman–Crippen MR) is 97.5 cm³/mol. The van der Waals surface area contributed by atoms with Crippen molar-refractivity contribution in [1.82, 2.24) is 15.5 Å². The van der Waals surface area contributed by atoms with Crippen molar-refractivity contribution in [1.29, 1.82) is 0 Å². The second kappa shape index (κ2) is 11.5. The number of hydrogen-bond acceptors (Lipinski definition) is 3. The fourth-order valence-electron chi connectivity index (χ4n) is 3.68. The maximum absolute atomic E-state index is 12.4. The van der Waals surface area contributed by atoms with Gasteiger partial charge in [-0.2, -0.15) is 13.2 Å². The molecule has 0 aromatic heterocycles. The first-order valence-corrected chi connectivity index (χ1v) is 8.60. The normalized spacial score (nSPS) is 23.4. The molecule has 2 saturated heterocycles. The average molecular weight is 408 g/mol. The van der Waals surface area contributed by atoms with Crippen LogP contribution in [0.2, 0.25) is 0 Å². The first-order chi connectivity index (χ1) is 10.8. The lowest BCUT2D eigenvalue weighted by Gasteiger charge is -2.28. The van der Waals surface area contributed by atoms with E-state index < -0.39 is 12.7 Å². The molecule has 2 aliphatic rings. The maximum atomic E-state index is 12.4. The van der Waals surface area contributed by atoms with Crippen LogP contribution >= 0.6 is 24.8 Å². The molecule has 2 unspecified atom stereocenters. The Morgan fingerprint density at radius 3 is 2.48 bits per heavy atom. The van der Waals surface area contributed by atoms with Gasteiger partial charge in [-0.1, -0.05) is 6.92 Å². The number of amides is 1. The zero-order chi connectivity index (χ0) is 16.9. The molecule has 0 saturated carbocycles. The summed E-state index contributed by atoms with van der Waals surface area (Å²) in [5.74, 6) is 1.12. The van der Waals surface area contributed by atoms with Crippen LogP contribution in [0.15, 0.2) is 0 Å². The van der Waals surface area contributed by atoms with E-state index in [4.69, 9.17) is 0 Å². The molecule has 2 aliphatic heterocycles. The van der Waals surface area contributed by atoms with Crippen molar-refractivity contribution in [3.63, 3.8) is 0 Å². The minimum Gasteiger partial charge on any atom is -0.356 e. The van der Waals surface area contributed by atoms with E-state index in [0.717, 1.165) is 32.4 Å². The van der Waals surface area contributed by atoms with Crippen LogP contribution in [-0.2, 0) is 4.79 Å². The number of nitrogens with zero attached hydrogens (tertiary/aromatic N) is 1. The summed E-state index contributed by atoms with van der Waals surface area (Å²) >= 11 is 0. The molecule has 150 valence electrons. The van der Waals surface area contributed by atoms with E-state index in [2.05, 4.69) is 17.6 Å². The van der Waals surface area contributed by atoms with Crippen LogP contribution in [0.4, 0.5) is 13.2 Å². The number of carbonyl (C=O) groups is 1. The van der Waals surface area contributed by atoms with E-state index in [0.29, 0.717) is 37.9 Å². The van der Waals surface area contributed by atoms with Gasteiger partial charge in [0.25, 0.3) is 0 Å². The Morgan fingerprint density at radius 2 is 1.88 bits per heavy atom. The largest absolute Gasteiger partial charge is 0.401 e. The van der Waals surface area contributed by atoms with Gasteiger partial charge in [0, 0.05) is 19.5 Å². The minimum absolute atomic E-state index is 0. The maximum Gasteiger partial charge on any atom is 0.401 e. The summed E-state index contributed by atoms with van der Waals surface area (Å²) in [6.07, 6.45) is -0.667. The molecule has 0 spiro atoms. The molecule has 9 heteroatoms. The summed E-state index contributed by atoms with van der Waals surface area (Å²) in [5, 5.41) is 6.24. The molecule has 2 fully saturated rings. The molecule has 4 nitrogen and oxygen atoms in total. The first kappa shape index (κ1) is 24.8. The first-order valence-electron chi connectivity index (χ1n) is 8.60. The third kappa shape index (κ3) is 9.31. The van der Waals surface area contributed by atoms with E-state index in [1.54, 1.807) is 0 Å². The Balaban J connectivity index is 0.00000288. The summed E-state index contributed by atoms with van der Waals surface area (Å²) in [6.45, 7) is 4.70. The highest BCUT2D eigenvalue weighted by molar-refractivity contribution is 5.85. The predicted octanol–water partition coefficient (Wildman–Crippen LogP) is 2.86. The number of likely N-dealkylation sites (tertiary alicyclic amines) is 1. The van der Waals surface area contributed by atoms with E-state index in [1.165, 1.54) is 4.90 Å². The van der Waals surface area contributed by atoms with Crippen molar-refractivity contribution in [2.45, 2.75) is 38.8 Å². The molecule has 0 aliphatic carbocycles. The summed E-state index contributed by atoms with van der Waals surface area (Å²) in [7, 11) is 0. The van der Waals surface area contributed by atoms with Gasteiger partial charge in [-0.05, 0) is 56.7 Å². The number of piperidine rings is 1. The molecule has 2 N–H and O–H groups in total. The fraction of sp³-hybridized carbons (Fsp3) is 0.938. The molecule has 25 heavy (non-hydrogen) atoms. The second-order valence-corrected chi connectivity index (χ2v) is 7.08. The van der Waals surface area contributed by atoms with Gasteiger partial charge < -0.3 is 10.6 Å². The minimum atomic E-state index is -4.14. The number of nitrogens with one attached hydrogen (secondary N) is 2. The van der Waals surface area contributed by atoms with Crippen LogP contribution in [0.25, 0.3) is 0 Å². The van der Waals surface area contributed by atoms with Gasteiger partial charge in [0.1, 0.15) is 0 Å². The highest BCUT2D eigenvalue weighted by atomic mass is 35.5. The molecule has 0 bridgehead atoms. The van der Waals surface area contributed by atoms with Gasteiger partial charge in [-0.15, -0.1) is 24.8 Å². The Hall–Kier alpha value is -0.240. The molecule has 2 atom stereocenters. The van der Waals surface area contributed by atoms with Crippen molar-refractivity contribution in [2.75, 3.05) is 39.3 Å². The van der Waals surface area contributed by atoms with Crippen molar-refractivity contribution in [2.24, 2.45) is 17.8 Å². The van der Waals surface area contributed by atoms with Gasteiger partial charge >= 0.3 is 6.18 Å². The molecule has 0 radical (unpaired) electrons. The highest BCUT2D eigenvalue weighted by Crippen LogP contribution is 2.25. The van der Waals surface area contributed by atoms with E-state index >= 15 is 0 Å². The fourth-order valence-corrected chi connectivity index (χ4v) is 3.68. The Morgan fingerprint density at radius 1 is 1.24 bits per heavy atom. The topological polar surface area (TPSA) is 44.4 Å². The quantitative estimate of drug-likeness (QED) is 0.711. The van der Waals surface area contributed by atoms with E-state index in [-0.39, 0.29) is 36.6 Å². The summed E-state index contributed by atoms with van der Waals surface area (Å²) in [5.41, 5.74) is 0. The standard InChI is InChI=1S/C16H28F3N3O.2ClH/c1-12(14-2-5-20-6-3-14)8-15(23)21-9-13-4-7-22(10-13)11-16(17,18)19;;/h12-14,20H,2-11H2,1H3,(H,21,23);2*1H. The van der Waals surface area contributed by atoms with Crippen molar-refractivity contribution in [3.05, 3.63) is 0 Å². The molecule has 2 rings (SSSR count). The van der Waals surface area contributed by atoms with Crippen molar-refractivity contribution >= 4 is 30.7 Å². The molecular formula is C16H30Cl2F3N3O. The zero-order valence-corrected chi connectivity index (χ0v) is 16.2. The average Bonchev–Trinajstić information content (AvgIpc) is 2.91. The Kier molecular flexibility index (Phi) is 11.4. The second-order valence-electron chi connectivity index (χ2n) is 7.08. The molecule has 0 aromatic rings. The number of carbonyl (C=O) groups excluding carboxylic acids is 1. The van der Waals surface area contributed by atoms with Gasteiger partial charge in [-0.3, -0.25) is 9.69 Å². The zero-order valence-electron chi connectivity index (χ0n) is 14.6. The third-order valence-electron chi connectivity index (χ3n) is 5.06. The smallest absolute Gasteiger partial charge is 0.356 e. The molecule has 2 heterocycles. The summed E-state index contributed by atoms with van der Waals surface area (Å²) in [6, 6.07) is 0. The molecule has 0 aromatic carbocycles.